The van der Waals surface area contributed by atoms with Gasteiger partial charge in [0.05, 0.1) is 17.7 Å². The van der Waals surface area contributed by atoms with Crippen molar-refractivity contribution >= 4 is 17.6 Å². The van der Waals surface area contributed by atoms with Gasteiger partial charge in [0.25, 0.3) is 0 Å². The van der Waals surface area contributed by atoms with Crippen LogP contribution in [0.3, 0.4) is 0 Å². The molecule has 0 spiro atoms. The van der Waals surface area contributed by atoms with E-state index in [2.05, 4.69) is 6.58 Å². The summed E-state index contributed by atoms with van der Waals surface area (Å²) < 4.78 is 4.75. The molecule has 0 rings (SSSR count). The number of aliphatic carboxylic acids is 1. The van der Waals surface area contributed by atoms with Crippen LogP contribution in [-0.4, -0.2) is 23.6 Å². The van der Waals surface area contributed by atoms with Crippen molar-refractivity contribution in [1.82, 2.24) is 0 Å². The van der Waals surface area contributed by atoms with Crippen LogP contribution in [-0.2, 0) is 9.53 Å². The maximum Gasteiger partial charge on any atom is 0.338 e. The Hall–Kier alpha value is -0.960. The fourth-order valence-corrected chi connectivity index (χ4v) is 0.468. The molecule has 0 atom stereocenters. The van der Waals surface area contributed by atoms with Gasteiger partial charge in [-0.05, 0) is 0 Å². The third-order valence-corrected chi connectivity index (χ3v) is 1.03. The van der Waals surface area contributed by atoms with Crippen molar-refractivity contribution in [2.75, 3.05) is 12.5 Å². The zero-order valence-corrected chi connectivity index (χ0v) is 6.67. The number of halogens is 1. The number of carboxylic acids is 1. The summed E-state index contributed by atoms with van der Waals surface area (Å²) in [6, 6.07) is 0. The molecule has 3 nitrogen and oxygen atoms in total. The van der Waals surface area contributed by atoms with Gasteiger partial charge in [-0.1, -0.05) is 12.7 Å². The molecule has 1 N–H and O–H groups in total. The molecule has 0 aliphatic rings. The molecule has 0 unspecified atom stereocenters. The van der Waals surface area contributed by atoms with Gasteiger partial charge in [-0.3, -0.25) is 0 Å². The SMILES string of the molecule is C=CC(=COCCCl)C(=O)O. The molecule has 0 heterocycles. The molecule has 0 aromatic heterocycles. The van der Waals surface area contributed by atoms with Gasteiger partial charge in [0.1, 0.15) is 6.61 Å². The van der Waals surface area contributed by atoms with Crippen LogP contribution in [0.5, 0.6) is 0 Å². The normalized spacial score (nSPS) is 10.8. The Bertz CT molecular complexity index is 175. The lowest BCUT2D eigenvalue weighted by Crippen LogP contribution is -1.99. The Morgan fingerprint density at radius 2 is 2.36 bits per heavy atom. The third-order valence-electron chi connectivity index (χ3n) is 0.872. The van der Waals surface area contributed by atoms with Gasteiger partial charge in [0.2, 0.25) is 0 Å². The average molecular weight is 177 g/mol. The highest BCUT2D eigenvalue weighted by atomic mass is 35.5. The van der Waals surface area contributed by atoms with Crippen LogP contribution in [0.2, 0.25) is 0 Å². The molecule has 0 aromatic carbocycles. The summed E-state index contributed by atoms with van der Waals surface area (Å²) in [6.45, 7) is 3.60. The predicted molar refractivity (Wildman–Crippen MR) is 42.6 cm³/mol. The first-order chi connectivity index (χ1) is 5.22. The van der Waals surface area contributed by atoms with Gasteiger partial charge in [0, 0.05) is 0 Å². The summed E-state index contributed by atoms with van der Waals surface area (Å²) in [5.41, 5.74) is 0.0233. The summed E-state index contributed by atoms with van der Waals surface area (Å²) in [6.07, 6.45) is 2.33. The lowest BCUT2D eigenvalue weighted by Gasteiger charge is -1.96. The minimum atomic E-state index is -1.06. The maximum absolute atomic E-state index is 10.3. The third kappa shape index (κ3) is 4.44. The van der Waals surface area contributed by atoms with Gasteiger partial charge in [-0.15, -0.1) is 11.6 Å². The molecular weight excluding hydrogens is 168 g/mol. The number of carboxylic acid groups (broad SMARTS) is 1. The topological polar surface area (TPSA) is 46.5 Å². The lowest BCUT2D eigenvalue weighted by molar-refractivity contribution is -0.132. The smallest absolute Gasteiger partial charge is 0.338 e. The van der Waals surface area contributed by atoms with Crippen molar-refractivity contribution in [2.45, 2.75) is 0 Å². The fourth-order valence-electron chi connectivity index (χ4n) is 0.379. The second-order valence-electron chi connectivity index (χ2n) is 1.64. The molecule has 0 saturated carbocycles. The quantitative estimate of drug-likeness (QED) is 0.226. The van der Waals surface area contributed by atoms with Gasteiger partial charge in [0.15, 0.2) is 0 Å². The largest absolute Gasteiger partial charge is 0.499 e. The summed E-state index contributed by atoms with van der Waals surface area (Å²) in [4.78, 5) is 10.3. The van der Waals surface area contributed by atoms with Gasteiger partial charge in [-0.2, -0.15) is 0 Å². The number of rotatable bonds is 5. The van der Waals surface area contributed by atoms with Crippen molar-refractivity contribution < 1.29 is 14.6 Å². The molecule has 11 heavy (non-hydrogen) atoms. The summed E-state index contributed by atoms with van der Waals surface area (Å²) >= 11 is 5.28. The second kappa shape index (κ2) is 5.80. The fraction of sp³-hybridized carbons (Fsp3) is 0.286. The van der Waals surface area contributed by atoms with Gasteiger partial charge >= 0.3 is 5.97 Å². The van der Waals surface area contributed by atoms with Crippen LogP contribution >= 0.6 is 11.6 Å². The average Bonchev–Trinajstić information content (AvgIpc) is 1.97. The highest BCUT2D eigenvalue weighted by Crippen LogP contribution is 1.95. The summed E-state index contributed by atoms with van der Waals surface area (Å²) in [5, 5.41) is 8.42. The molecule has 0 radical (unpaired) electrons. The van der Waals surface area contributed by atoms with E-state index in [4.69, 9.17) is 21.4 Å². The molecule has 0 saturated heterocycles. The van der Waals surface area contributed by atoms with E-state index < -0.39 is 5.97 Å². The number of hydrogen-bond acceptors (Lipinski definition) is 2. The highest BCUT2D eigenvalue weighted by molar-refractivity contribution is 6.17. The molecule has 0 aliphatic carbocycles. The van der Waals surface area contributed by atoms with E-state index in [-0.39, 0.29) is 5.57 Å². The van der Waals surface area contributed by atoms with Crippen LogP contribution in [0.4, 0.5) is 0 Å². The van der Waals surface area contributed by atoms with Crippen LogP contribution in [0, 0.1) is 0 Å². The highest BCUT2D eigenvalue weighted by Gasteiger charge is 2.00. The molecular formula is C7H9ClO3. The van der Waals surface area contributed by atoms with Crippen molar-refractivity contribution in [3.05, 3.63) is 24.5 Å². The second-order valence-corrected chi connectivity index (χ2v) is 2.02. The Morgan fingerprint density at radius 3 is 2.73 bits per heavy atom. The van der Waals surface area contributed by atoms with Crippen LogP contribution < -0.4 is 0 Å². The zero-order chi connectivity index (χ0) is 8.69. The first kappa shape index (κ1) is 10.0. The molecule has 0 amide bonds. The van der Waals surface area contributed by atoms with Crippen LogP contribution in [0.1, 0.15) is 0 Å². The van der Waals surface area contributed by atoms with E-state index in [9.17, 15) is 4.79 Å². The summed E-state index contributed by atoms with van der Waals surface area (Å²) in [7, 11) is 0. The number of carbonyl (C=O) groups is 1. The molecule has 0 aromatic rings. The van der Waals surface area contributed by atoms with E-state index in [1.165, 1.54) is 6.08 Å². The van der Waals surface area contributed by atoms with Gasteiger partial charge in [-0.25, -0.2) is 4.79 Å². The van der Waals surface area contributed by atoms with E-state index in [0.717, 1.165) is 6.26 Å². The van der Waals surface area contributed by atoms with Crippen molar-refractivity contribution in [3.63, 3.8) is 0 Å². The van der Waals surface area contributed by atoms with E-state index in [1.54, 1.807) is 0 Å². The maximum atomic E-state index is 10.3. The van der Waals surface area contributed by atoms with Crippen molar-refractivity contribution in [3.8, 4) is 0 Å². The first-order valence-corrected chi connectivity index (χ1v) is 3.49. The molecule has 62 valence electrons. The molecule has 0 aliphatic heterocycles. The monoisotopic (exact) mass is 176 g/mol. The van der Waals surface area contributed by atoms with E-state index in [1.807, 2.05) is 0 Å². The molecule has 0 fully saturated rings. The van der Waals surface area contributed by atoms with Crippen molar-refractivity contribution in [1.29, 1.82) is 0 Å². The standard InChI is InChI=1S/C7H9ClO3/c1-2-6(7(9)10)5-11-4-3-8/h2,5H,1,3-4H2,(H,9,10). The van der Waals surface area contributed by atoms with E-state index >= 15 is 0 Å². The first-order valence-electron chi connectivity index (χ1n) is 2.95. The number of hydrogen-bond donors (Lipinski definition) is 1. The number of alkyl halides is 1. The Balaban J connectivity index is 3.91. The Kier molecular flexibility index (Phi) is 5.29. The van der Waals surface area contributed by atoms with Crippen LogP contribution in [0.25, 0.3) is 0 Å². The van der Waals surface area contributed by atoms with Crippen LogP contribution in [0.15, 0.2) is 24.5 Å². The molecule has 4 heteroatoms. The Labute approximate surface area is 69.9 Å². The summed E-state index contributed by atoms with van der Waals surface area (Å²) in [5.74, 6) is -0.727. The Morgan fingerprint density at radius 1 is 1.73 bits per heavy atom. The minimum absolute atomic E-state index is 0.0233. The van der Waals surface area contributed by atoms with Gasteiger partial charge < -0.3 is 9.84 Å². The lowest BCUT2D eigenvalue weighted by atomic mass is 10.3. The predicted octanol–water partition coefficient (Wildman–Crippen LogP) is 1.40. The van der Waals surface area contributed by atoms with E-state index in [0.29, 0.717) is 12.5 Å². The van der Waals surface area contributed by atoms with Crippen molar-refractivity contribution in [2.24, 2.45) is 0 Å². The minimum Gasteiger partial charge on any atom is -0.499 e. The number of ether oxygens (including phenoxy) is 1. The molecule has 0 bridgehead atoms. The zero-order valence-electron chi connectivity index (χ0n) is 5.92.